The highest BCUT2D eigenvalue weighted by atomic mass is 16.7. The molecule has 0 radical (unpaired) electrons. The molecular weight excluding hydrogens is 243 g/mol. The minimum atomic E-state index is -0.792. The third kappa shape index (κ3) is 2.45. The average Bonchev–Trinajstić information content (AvgIpc) is 2.61. The molecule has 4 nitrogen and oxygen atoms in total. The Morgan fingerprint density at radius 1 is 1.21 bits per heavy atom. The van der Waals surface area contributed by atoms with Crippen LogP contribution in [0.3, 0.4) is 0 Å². The van der Waals surface area contributed by atoms with E-state index in [-0.39, 0.29) is 0 Å². The number of rotatable bonds is 3. The van der Waals surface area contributed by atoms with E-state index in [4.69, 9.17) is 14.0 Å². The normalized spacial score (nSPS) is 24.9. The SMILES string of the molecule is COc1ccc(B2OC(C)(C)C(C)(C=C=O)O2)cc1. The molecular formula is C14H17BO4. The Balaban J connectivity index is 2.26. The summed E-state index contributed by atoms with van der Waals surface area (Å²) in [5, 5.41) is 0. The molecule has 1 heterocycles. The zero-order valence-corrected chi connectivity index (χ0v) is 11.6. The quantitative estimate of drug-likeness (QED) is 0.608. The van der Waals surface area contributed by atoms with Crippen molar-refractivity contribution in [2.24, 2.45) is 0 Å². The zero-order valence-electron chi connectivity index (χ0n) is 11.6. The maximum atomic E-state index is 10.6. The van der Waals surface area contributed by atoms with Gasteiger partial charge < -0.3 is 14.0 Å². The fourth-order valence-electron chi connectivity index (χ4n) is 1.99. The van der Waals surface area contributed by atoms with Crippen LogP contribution in [0.1, 0.15) is 20.8 Å². The van der Waals surface area contributed by atoms with E-state index in [2.05, 4.69) is 0 Å². The summed E-state index contributed by atoms with van der Waals surface area (Å²) in [6, 6.07) is 7.46. The Hall–Kier alpha value is -1.55. The van der Waals surface area contributed by atoms with Crippen LogP contribution in [0, 0.1) is 0 Å². The van der Waals surface area contributed by atoms with E-state index in [1.165, 1.54) is 6.08 Å². The Morgan fingerprint density at radius 3 is 2.37 bits per heavy atom. The second-order valence-corrected chi connectivity index (χ2v) is 5.22. The third-order valence-corrected chi connectivity index (χ3v) is 3.67. The number of methoxy groups -OCH3 is 1. The Bertz CT molecular complexity index is 505. The first-order valence-electron chi connectivity index (χ1n) is 6.13. The van der Waals surface area contributed by atoms with Crippen molar-refractivity contribution in [2.45, 2.75) is 32.0 Å². The van der Waals surface area contributed by atoms with Gasteiger partial charge in [-0.1, -0.05) is 12.1 Å². The third-order valence-electron chi connectivity index (χ3n) is 3.67. The predicted octanol–water partition coefficient (Wildman–Crippen LogP) is 1.36. The minimum absolute atomic E-state index is 0.504. The van der Waals surface area contributed by atoms with E-state index < -0.39 is 18.3 Å². The molecule has 0 aromatic heterocycles. The van der Waals surface area contributed by atoms with E-state index in [0.29, 0.717) is 0 Å². The highest BCUT2D eigenvalue weighted by molar-refractivity contribution is 6.62. The number of benzene rings is 1. The molecule has 5 heteroatoms. The van der Waals surface area contributed by atoms with E-state index in [0.717, 1.165) is 11.2 Å². The van der Waals surface area contributed by atoms with Crippen molar-refractivity contribution in [3.8, 4) is 5.75 Å². The first-order valence-corrected chi connectivity index (χ1v) is 6.13. The summed E-state index contributed by atoms with van der Waals surface area (Å²) in [5.41, 5.74) is -0.508. The van der Waals surface area contributed by atoms with Crippen molar-refractivity contribution < 1.29 is 18.8 Å². The van der Waals surface area contributed by atoms with Crippen molar-refractivity contribution in [1.82, 2.24) is 0 Å². The van der Waals surface area contributed by atoms with Crippen LogP contribution in [0.2, 0.25) is 0 Å². The van der Waals surface area contributed by atoms with Crippen LogP contribution < -0.4 is 10.2 Å². The molecule has 1 saturated heterocycles. The standard InChI is InChI=1S/C14H17BO4/c1-13(2)14(3,9-10-16)19-15(18-13)11-5-7-12(17-4)8-6-11/h5-9H,1-4H3. The molecule has 0 N–H and O–H groups in total. The van der Waals surface area contributed by atoms with Gasteiger partial charge in [-0.3, -0.25) is 0 Å². The molecule has 0 amide bonds. The fraction of sp³-hybridized carbons (Fsp3) is 0.429. The lowest BCUT2D eigenvalue weighted by molar-refractivity contribution is 0.0292. The van der Waals surface area contributed by atoms with Gasteiger partial charge in [0.25, 0.3) is 0 Å². The summed E-state index contributed by atoms with van der Waals surface area (Å²) in [4.78, 5) is 10.6. The number of ether oxygens (including phenoxy) is 1. The number of carbonyl (C=O) groups excluding carboxylic acids is 1. The second kappa shape index (κ2) is 4.85. The van der Waals surface area contributed by atoms with Gasteiger partial charge in [0.1, 0.15) is 17.3 Å². The molecule has 100 valence electrons. The molecule has 1 atom stereocenters. The minimum Gasteiger partial charge on any atom is -0.497 e. The first-order chi connectivity index (χ1) is 8.92. The zero-order chi connectivity index (χ0) is 14.1. The van der Waals surface area contributed by atoms with Crippen LogP contribution in [0.5, 0.6) is 5.75 Å². The lowest BCUT2D eigenvalue weighted by Crippen LogP contribution is -2.43. The smallest absolute Gasteiger partial charge is 0.495 e. The number of hydrogen-bond acceptors (Lipinski definition) is 4. The Labute approximate surface area is 113 Å². The molecule has 1 unspecified atom stereocenters. The van der Waals surface area contributed by atoms with Gasteiger partial charge in [0.05, 0.1) is 12.7 Å². The van der Waals surface area contributed by atoms with E-state index in [1.807, 2.05) is 45.0 Å². The summed E-state index contributed by atoms with van der Waals surface area (Å²) < 4.78 is 16.9. The maximum absolute atomic E-state index is 10.6. The summed E-state index contributed by atoms with van der Waals surface area (Å²) in [6.45, 7) is 5.61. The Kier molecular flexibility index (Phi) is 3.55. The fourth-order valence-corrected chi connectivity index (χ4v) is 1.99. The van der Waals surface area contributed by atoms with Crippen LogP contribution in [-0.2, 0) is 14.1 Å². The van der Waals surface area contributed by atoms with Gasteiger partial charge in [0, 0.05) is 6.08 Å². The monoisotopic (exact) mass is 260 g/mol. The molecule has 1 aliphatic heterocycles. The van der Waals surface area contributed by atoms with Gasteiger partial charge in [-0.2, -0.15) is 0 Å². The molecule has 19 heavy (non-hydrogen) atoms. The van der Waals surface area contributed by atoms with Crippen LogP contribution in [0.4, 0.5) is 0 Å². The highest BCUT2D eigenvalue weighted by Crippen LogP contribution is 2.37. The van der Waals surface area contributed by atoms with Crippen LogP contribution >= 0.6 is 0 Å². The largest absolute Gasteiger partial charge is 0.497 e. The lowest BCUT2D eigenvalue weighted by atomic mass is 9.79. The molecule has 1 aliphatic rings. The van der Waals surface area contributed by atoms with Gasteiger partial charge >= 0.3 is 7.12 Å². The van der Waals surface area contributed by atoms with Crippen molar-refractivity contribution in [3.05, 3.63) is 30.3 Å². The predicted molar refractivity (Wildman–Crippen MR) is 73.3 cm³/mol. The molecule has 2 rings (SSSR count). The van der Waals surface area contributed by atoms with E-state index >= 15 is 0 Å². The summed E-state index contributed by atoms with van der Waals surface area (Å²) in [7, 11) is 1.11. The highest BCUT2D eigenvalue weighted by Gasteiger charge is 2.53. The summed E-state index contributed by atoms with van der Waals surface area (Å²) in [6.07, 6.45) is 1.37. The van der Waals surface area contributed by atoms with Crippen molar-refractivity contribution in [3.63, 3.8) is 0 Å². The molecule has 0 spiro atoms. The van der Waals surface area contributed by atoms with Crippen molar-refractivity contribution >= 4 is 18.5 Å². The summed E-state index contributed by atoms with van der Waals surface area (Å²) >= 11 is 0. The van der Waals surface area contributed by atoms with Gasteiger partial charge in [-0.05, 0) is 38.4 Å². The van der Waals surface area contributed by atoms with Crippen LogP contribution in [0.15, 0.2) is 30.3 Å². The average molecular weight is 260 g/mol. The van der Waals surface area contributed by atoms with Crippen LogP contribution in [0.25, 0.3) is 0 Å². The van der Waals surface area contributed by atoms with Gasteiger partial charge in [0.15, 0.2) is 0 Å². The lowest BCUT2D eigenvalue weighted by Gasteiger charge is -2.32. The van der Waals surface area contributed by atoms with Crippen molar-refractivity contribution in [1.29, 1.82) is 0 Å². The molecule has 0 aliphatic carbocycles. The molecule has 1 fully saturated rings. The molecule has 0 saturated carbocycles. The molecule has 1 aromatic rings. The van der Waals surface area contributed by atoms with Gasteiger partial charge in [-0.15, -0.1) is 0 Å². The second-order valence-electron chi connectivity index (χ2n) is 5.22. The van der Waals surface area contributed by atoms with Crippen LogP contribution in [-0.4, -0.2) is 31.4 Å². The Morgan fingerprint density at radius 2 is 1.84 bits per heavy atom. The number of hydrogen-bond donors (Lipinski definition) is 0. The molecule has 0 bridgehead atoms. The first kappa shape index (κ1) is 13.9. The summed E-state index contributed by atoms with van der Waals surface area (Å²) in [5.74, 6) is 2.57. The molecule has 1 aromatic carbocycles. The van der Waals surface area contributed by atoms with E-state index in [9.17, 15) is 4.79 Å². The maximum Gasteiger partial charge on any atom is 0.495 e. The van der Waals surface area contributed by atoms with Gasteiger partial charge in [0.2, 0.25) is 0 Å². The van der Waals surface area contributed by atoms with E-state index in [1.54, 1.807) is 13.1 Å². The van der Waals surface area contributed by atoms with Crippen molar-refractivity contribution in [2.75, 3.05) is 7.11 Å². The van der Waals surface area contributed by atoms with Gasteiger partial charge in [-0.25, -0.2) is 4.79 Å². The topological polar surface area (TPSA) is 44.8 Å².